The second-order valence-corrected chi connectivity index (χ2v) is 4.27. The normalized spacial score (nSPS) is 11.6. The number of alkyl halides is 5. The summed E-state index contributed by atoms with van der Waals surface area (Å²) in [6.45, 7) is 0. The van der Waals surface area contributed by atoms with Crippen LogP contribution in [0.1, 0.15) is 27.9 Å². The van der Waals surface area contributed by atoms with Crippen molar-refractivity contribution in [1.29, 1.82) is 0 Å². The summed E-state index contributed by atoms with van der Waals surface area (Å²) in [4.78, 5) is 11.6. The summed E-state index contributed by atoms with van der Waals surface area (Å²) in [6, 6.07) is 3.96. The van der Waals surface area contributed by atoms with E-state index in [1.54, 1.807) is 0 Å². The number of benzene rings is 1. The van der Waals surface area contributed by atoms with E-state index in [2.05, 4.69) is 15.9 Å². The van der Waals surface area contributed by atoms with Gasteiger partial charge in [0.2, 0.25) is 0 Å². The van der Waals surface area contributed by atoms with Crippen molar-refractivity contribution in [3.8, 4) is 0 Å². The smallest absolute Gasteiger partial charge is 0.294 e. The first-order chi connectivity index (χ1) is 7.91. The van der Waals surface area contributed by atoms with Crippen LogP contribution in [0.4, 0.5) is 13.2 Å². The number of rotatable bonds is 4. The lowest BCUT2D eigenvalue weighted by Gasteiger charge is -2.15. The van der Waals surface area contributed by atoms with Crippen LogP contribution in [0.3, 0.4) is 0 Å². The molecule has 0 aliphatic heterocycles. The average Bonchev–Trinajstić information content (AvgIpc) is 2.27. The van der Waals surface area contributed by atoms with Gasteiger partial charge in [0, 0.05) is 23.2 Å². The Labute approximate surface area is 110 Å². The van der Waals surface area contributed by atoms with E-state index >= 15 is 0 Å². The number of hydrogen-bond donors (Lipinski definition) is 0. The summed E-state index contributed by atoms with van der Waals surface area (Å²) in [5.41, 5.74) is -1.12. The monoisotopic (exact) mass is 328 g/mol. The average molecular weight is 330 g/mol. The first-order valence-corrected chi connectivity index (χ1v) is 6.41. The molecule has 0 N–H and O–H groups in total. The van der Waals surface area contributed by atoms with Crippen LogP contribution >= 0.6 is 27.5 Å². The Bertz CT molecular complexity index is 418. The molecule has 0 spiro atoms. The predicted molar refractivity (Wildman–Crippen MR) is 63.7 cm³/mol. The quantitative estimate of drug-likeness (QED) is 0.590. The fraction of sp³-hybridized carbons (Fsp3) is 0.364. The molecule has 0 bridgehead atoms. The van der Waals surface area contributed by atoms with Gasteiger partial charge in [-0.2, -0.15) is 13.2 Å². The lowest BCUT2D eigenvalue weighted by atomic mass is 9.97. The van der Waals surface area contributed by atoms with Crippen molar-refractivity contribution >= 4 is 33.3 Å². The van der Waals surface area contributed by atoms with Gasteiger partial charge in [0.15, 0.2) is 5.78 Å². The molecule has 0 fully saturated rings. The van der Waals surface area contributed by atoms with E-state index < -0.39 is 17.5 Å². The first-order valence-electron chi connectivity index (χ1n) is 4.76. The Hall–Kier alpha value is -0.550. The molecule has 0 radical (unpaired) electrons. The summed E-state index contributed by atoms with van der Waals surface area (Å²) in [5, 5.41) is 0.0455. The highest BCUT2D eigenvalue weighted by Crippen LogP contribution is 2.36. The zero-order chi connectivity index (χ0) is 13.1. The Balaban J connectivity index is 3.35. The van der Waals surface area contributed by atoms with E-state index in [1.165, 1.54) is 18.2 Å². The largest absolute Gasteiger partial charge is 0.417 e. The van der Waals surface area contributed by atoms with Gasteiger partial charge < -0.3 is 0 Å². The van der Waals surface area contributed by atoms with Crippen molar-refractivity contribution in [3.05, 3.63) is 34.9 Å². The second-order valence-electron chi connectivity index (χ2n) is 3.33. The van der Waals surface area contributed by atoms with Crippen LogP contribution in [0.5, 0.6) is 0 Å². The van der Waals surface area contributed by atoms with Crippen molar-refractivity contribution in [3.63, 3.8) is 0 Å². The van der Waals surface area contributed by atoms with Gasteiger partial charge in [0.1, 0.15) is 0 Å². The molecule has 0 aliphatic rings. The molecule has 1 aromatic carbocycles. The molecule has 1 nitrogen and oxygen atoms in total. The third-order valence-electron chi connectivity index (χ3n) is 2.20. The molecule has 1 aromatic rings. The SMILES string of the molecule is O=C(CCCl)c1cccc(CBr)c1C(F)(F)F. The summed E-state index contributed by atoms with van der Waals surface area (Å²) in [6.07, 6.45) is -4.64. The van der Waals surface area contributed by atoms with Crippen LogP contribution < -0.4 is 0 Å². The van der Waals surface area contributed by atoms with Gasteiger partial charge >= 0.3 is 6.18 Å². The van der Waals surface area contributed by atoms with Gasteiger partial charge in [-0.1, -0.05) is 34.1 Å². The molecular formula is C11H9BrClF3O. The number of carbonyl (C=O) groups excluding carboxylic acids is 1. The molecule has 6 heteroatoms. The molecule has 17 heavy (non-hydrogen) atoms. The van der Waals surface area contributed by atoms with Crippen molar-refractivity contribution < 1.29 is 18.0 Å². The highest BCUT2D eigenvalue weighted by Gasteiger charge is 2.37. The number of halogens is 5. The van der Waals surface area contributed by atoms with Gasteiger partial charge in [-0.05, 0) is 5.56 Å². The summed E-state index contributed by atoms with van der Waals surface area (Å²) in [7, 11) is 0. The number of hydrogen-bond acceptors (Lipinski definition) is 1. The molecule has 0 aliphatic carbocycles. The Morgan fingerprint density at radius 2 is 2.00 bits per heavy atom. The summed E-state index contributed by atoms with van der Waals surface area (Å²) in [5.74, 6) is -0.579. The minimum Gasteiger partial charge on any atom is -0.294 e. The van der Waals surface area contributed by atoms with E-state index in [1.807, 2.05) is 0 Å². The molecule has 0 saturated carbocycles. The van der Waals surface area contributed by atoms with E-state index in [-0.39, 0.29) is 28.8 Å². The van der Waals surface area contributed by atoms with Crippen molar-refractivity contribution in [2.24, 2.45) is 0 Å². The van der Waals surface area contributed by atoms with Crippen molar-refractivity contribution in [1.82, 2.24) is 0 Å². The number of Topliss-reactive ketones (excluding diaryl/α,β-unsaturated/α-hetero) is 1. The standard InChI is InChI=1S/C11H9BrClF3O/c12-6-7-2-1-3-8(9(17)4-5-13)10(7)11(14,15)16/h1-3H,4-6H2. The van der Waals surface area contributed by atoms with Gasteiger partial charge in [-0.25, -0.2) is 0 Å². The van der Waals surface area contributed by atoms with E-state index in [0.29, 0.717) is 0 Å². The second kappa shape index (κ2) is 5.87. The zero-order valence-corrected chi connectivity index (χ0v) is 11.0. The maximum Gasteiger partial charge on any atom is 0.417 e. The van der Waals surface area contributed by atoms with Gasteiger partial charge in [0.05, 0.1) is 5.56 Å². The Kier molecular flexibility index (Phi) is 5.01. The first kappa shape index (κ1) is 14.5. The van der Waals surface area contributed by atoms with Gasteiger partial charge in [0.25, 0.3) is 0 Å². The maximum absolute atomic E-state index is 12.9. The third kappa shape index (κ3) is 3.45. The molecule has 1 rings (SSSR count). The molecule has 0 unspecified atom stereocenters. The maximum atomic E-state index is 12.9. The fourth-order valence-electron chi connectivity index (χ4n) is 1.50. The lowest BCUT2D eigenvalue weighted by molar-refractivity contribution is -0.138. The molecule has 94 valence electrons. The lowest BCUT2D eigenvalue weighted by Crippen LogP contribution is -2.16. The minimum absolute atomic E-state index is 0.00860. The number of carbonyl (C=O) groups is 1. The fourth-order valence-corrected chi connectivity index (χ4v) is 2.14. The van der Waals surface area contributed by atoms with Crippen LogP contribution in [0.15, 0.2) is 18.2 Å². The molecule has 0 aromatic heterocycles. The third-order valence-corrected chi connectivity index (χ3v) is 2.99. The molecular weight excluding hydrogens is 320 g/mol. The van der Waals surface area contributed by atoms with Crippen LogP contribution in [-0.4, -0.2) is 11.7 Å². The summed E-state index contributed by atoms with van der Waals surface area (Å²) < 4.78 is 38.7. The van der Waals surface area contributed by atoms with Crippen LogP contribution in [0.2, 0.25) is 0 Å². The van der Waals surface area contributed by atoms with Crippen molar-refractivity contribution in [2.45, 2.75) is 17.9 Å². The molecule has 0 atom stereocenters. The highest BCUT2D eigenvalue weighted by molar-refractivity contribution is 9.08. The van der Waals surface area contributed by atoms with Gasteiger partial charge in [-0.3, -0.25) is 4.79 Å². The number of ketones is 1. The van der Waals surface area contributed by atoms with Crippen molar-refractivity contribution in [2.75, 3.05) is 5.88 Å². The van der Waals surface area contributed by atoms with Crippen LogP contribution in [0.25, 0.3) is 0 Å². The van der Waals surface area contributed by atoms with Gasteiger partial charge in [-0.15, -0.1) is 11.6 Å². The van der Waals surface area contributed by atoms with Crippen LogP contribution in [0, 0.1) is 0 Å². The molecule has 0 amide bonds. The predicted octanol–water partition coefficient (Wildman–Crippen LogP) is 4.41. The van der Waals surface area contributed by atoms with E-state index in [9.17, 15) is 18.0 Å². The van der Waals surface area contributed by atoms with E-state index in [4.69, 9.17) is 11.6 Å². The van der Waals surface area contributed by atoms with Crippen LogP contribution in [-0.2, 0) is 11.5 Å². The topological polar surface area (TPSA) is 17.1 Å². The molecule has 0 heterocycles. The van der Waals surface area contributed by atoms with E-state index in [0.717, 1.165) is 0 Å². The highest BCUT2D eigenvalue weighted by atomic mass is 79.9. The minimum atomic E-state index is -4.54. The zero-order valence-electron chi connectivity index (χ0n) is 8.65. The molecule has 0 saturated heterocycles. The summed E-state index contributed by atoms with van der Waals surface area (Å²) >= 11 is 8.36. The Morgan fingerprint density at radius 3 is 2.47 bits per heavy atom. The Morgan fingerprint density at radius 1 is 1.35 bits per heavy atom.